The van der Waals surface area contributed by atoms with E-state index in [1.54, 1.807) is 7.11 Å². The summed E-state index contributed by atoms with van der Waals surface area (Å²) >= 11 is 0. The summed E-state index contributed by atoms with van der Waals surface area (Å²) in [6.45, 7) is 2.06. The van der Waals surface area contributed by atoms with Gasteiger partial charge >= 0.3 is 0 Å². The van der Waals surface area contributed by atoms with Crippen LogP contribution < -0.4 is 10.1 Å². The lowest BCUT2D eigenvalue weighted by atomic mass is 10.1. The van der Waals surface area contributed by atoms with Gasteiger partial charge in [0.05, 0.1) is 12.6 Å². The molecule has 0 aliphatic carbocycles. The Morgan fingerprint density at radius 3 is 2.43 bits per heavy atom. The summed E-state index contributed by atoms with van der Waals surface area (Å²) in [4.78, 5) is 9.34. The number of rotatable bonds is 3. The number of aryl methyl sites for hydroxylation is 1. The molecule has 3 rings (SSSR count). The summed E-state index contributed by atoms with van der Waals surface area (Å²) in [5.74, 6) is 2.38. The van der Waals surface area contributed by atoms with Crippen LogP contribution in [0.1, 0.15) is 5.56 Å². The summed E-state index contributed by atoms with van der Waals surface area (Å²) in [5, 5.41) is 4.19. The van der Waals surface area contributed by atoms with Crippen LogP contribution in [0.4, 0.5) is 5.82 Å². The van der Waals surface area contributed by atoms with E-state index in [0.29, 0.717) is 5.82 Å². The molecule has 4 nitrogen and oxygen atoms in total. The second-order valence-corrected chi connectivity index (χ2v) is 4.85. The number of benzene rings is 2. The highest BCUT2D eigenvalue weighted by atomic mass is 16.5. The fourth-order valence-electron chi connectivity index (χ4n) is 2.36. The van der Waals surface area contributed by atoms with Crippen molar-refractivity contribution < 1.29 is 4.74 Å². The number of anilines is 1. The number of nitrogens with one attached hydrogen (secondary N) is 1. The van der Waals surface area contributed by atoms with E-state index >= 15 is 0 Å². The van der Waals surface area contributed by atoms with Crippen LogP contribution in [0.25, 0.3) is 22.3 Å². The van der Waals surface area contributed by atoms with Crippen LogP contribution in [-0.2, 0) is 0 Å². The Kier molecular flexibility index (Phi) is 3.44. The van der Waals surface area contributed by atoms with E-state index in [1.165, 1.54) is 0 Å². The van der Waals surface area contributed by atoms with Gasteiger partial charge in [0.25, 0.3) is 0 Å². The molecule has 4 heteroatoms. The molecule has 1 N–H and O–H groups in total. The van der Waals surface area contributed by atoms with Gasteiger partial charge in [0.1, 0.15) is 11.6 Å². The number of hydrogen-bond donors (Lipinski definition) is 1. The largest absolute Gasteiger partial charge is 0.497 e. The van der Waals surface area contributed by atoms with Crippen molar-refractivity contribution >= 4 is 16.7 Å². The summed E-state index contributed by atoms with van der Waals surface area (Å²) < 4.78 is 5.19. The molecule has 0 fully saturated rings. The van der Waals surface area contributed by atoms with Crippen molar-refractivity contribution in [2.75, 3.05) is 19.5 Å². The number of fused-ring (bicyclic) bond motifs is 1. The van der Waals surface area contributed by atoms with E-state index in [4.69, 9.17) is 9.72 Å². The standard InChI is InChI=1S/C17H17N3O/c1-11-5-4-6-14-15(11)19-16(20-17(14)18-2)12-7-9-13(21-3)10-8-12/h4-10H,1-3H3,(H,18,19,20). The van der Waals surface area contributed by atoms with Crippen LogP contribution in [0.5, 0.6) is 5.75 Å². The van der Waals surface area contributed by atoms with E-state index in [2.05, 4.69) is 23.3 Å². The zero-order valence-corrected chi connectivity index (χ0v) is 12.3. The molecule has 0 spiro atoms. The van der Waals surface area contributed by atoms with Crippen LogP contribution in [0.15, 0.2) is 42.5 Å². The maximum absolute atomic E-state index is 5.19. The average Bonchev–Trinajstić information content (AvgIpc) is 2.54. The topological polar surface area (TPSA) is 47.0 Å². The molecule has 0 unspecified atom stereocenters. The van der Waals surface area contributed by atoms with E-state index in [0.717, 1.165) is 33.6 Å². The van der Waals surface area contributed by atoms with Gasteiger partial charge in [0.15, 0.2) is 5.82 Å². The van der Waals surface area contributed by atoms with Crippen molar-refractivity contribution in [3.8, 4) is 17.1 Å². The zero-order valence-electron chi connectivity index (χ0n) is 12.3. The monoisotopic (exact) mass is 279 g/mol. The highest BCUT2D eigenvalue weighted by molar-refractivity contribution is 5.92. The number of nitrogens with zero attached hydrogens (tertiary/aromatic N) is 2. The van der Waals surface area contributed by atoms with E-state index in [-0.39, 0.29) is 0 Å². The van der Waals surface area contributed by atoms with Crippen molar-refractivity contribution in [1.82, 2.24) is 9.97 Å². The van der Waals surface area contributed by atoms with Crippen LogP contribution >= 0.6 is 0 Å². The highest BCUT2D eigenvalue weighted by Gasteiger charge is 2.10. The SMILES string of the molecule is CNc1nc(-c2ccc(OC)cc2)nc2c(C)cccc12. The Labute approximate surface area is 123 Å². The van der Waals surface area contributed by atoms with Gasteiger partial charge in [-0.25, -0.2) is 9.97 Å². The van der Waals surface area contributed by atoms with Gasteiger partial charge < -0.3 is 10.1 Å². The number of aromatic nitrogens is 2. The Balaban J connectivity index is 2.20. The lowest BCUT2D eigenvalue weighted by molar-refractivity contribution is 0.415. The van der Waals surface area contributed by atoms with Crippen LogP contribution in [0.2, 0.25) is 0 Å². The molecule has 0 atom stereocenters. The van der Waals surface area contributed by atoms with Gasteiger partial charge in [-0.3, -0.25) is 0 Å². The van der Waals surface area contributed by atoms with E-state index < -0.39 is 0 Å². The molecule has 0 bridgehead atoms. The normalized spacial score (nSPS) is 10.6. The summed E-state index contributed by atoms with van der Waals surface area (Å²) in [6.07, 6.45) is 0. The molecule has 3 aromatic rings. The fourth-order valence-corrected chi connectivity index (χ4v) is 2.36. The maximum Gasteiger partial charge on any atom is 0.162 e. The molecule has 106 valence electrons. The van der Waals surface area contributed by atoms with Gasteiger partial charge in [-0.15, -0.1) is 0 Å². The minimum absolute atomic E-state index is 0.712. The Morgan fingerprint density at radius 2 is 1.76 bits per heavy atom. The van der Waals surface area contributed by atoms with Crippen molar-refractivity contribution in [3.05, 3.63) is 48.0 Å². The smallest absolute Gasteiger partial charge is 0.162 e. The number of ether oxygens (including phenoxy) is 1. The third-order valence-electron chi connectivity index (χ3n) is 3.51. The average molecular weight is 279 g/mol. The van der Waals surface area contributed by atoms with E-state index in [9.17, 15) is 0 Å². The lowest BCUT2D eigenvalue weighted by Gasteiger charge is -2.10. The third kappa shape index (κ3) is 2.40. The van der Waals surface area contributed by atoms with Crippen molar-refractivity contribution in [2.45, 2.75) is 6.92 Å². The predicted molar refractivity (Wildman–Crippen MR) is 85.8 cm³/mol. The second-order valence-electron chi connectivity index (χ2n) is 4.85. The summed E-state index contributed by atoms with van der Waals surface area (Å²) in [5.41, 5.74) is 3.08. The van der Waals surface area contributed by atoms with Gasteiger partial charge in [-0.2, -0.15) is 0 Å². The molecule has 0 aliphatic heterocycles. The number of para-hydroxylation sites is 1. The molecule has 0 amide bonds. The molecular formula is C17H17N3O. The van der Waals surface area contributed by atoms with Gasteiger partial charge in [-0.1, -0.05) is 12.1 Å². The first-order chi connectivity index (χ1) is 10.2. The quantitative estimate of drug-likeness (QED) is 0.795. The fraction of sp³-hybridized carbons (Fsp3) is 0.176. The minimum atomic E-state index is 0.712. The Bertz CT molecular complexity index is 782. The van der Waals surface area contributed by atoms with Crippen molar-refractivity contribution in [1.29, 1.82) is 0 Å². The number of methoxy groups -OCH3 is 1. The first-order valence-corrected chi connectivity index (χ1v) is 6.82. The van der Waals surface area contributed by atoms with Gasteiger partial charge in [-0.05, 0) is 42.8 Å². The third-order valence-corrected chi connectivity index (χ3v) is 3.51. The van der Waals surface area contributed by atoms with Crippen molar-refractivity contribution in [2.24, 2.45) is 0 Å². The first-order valence-electron chi connectivity index (χ1n) is 6.82. The summed E-state index contributed by atoms with van der Waals surface area (Å²) in [7, 11) is 3.53. The van der Waals surface area contributed by atoms with Crippen LogP contribution in [0.3, 0.4) is 0 Å². The van der Waals surface area contributed by atoms with Gasteiger partial charge in [0.2, 0.25) is 0 Å². The predicted octanol–water partition coefficient (Wildman–Crippen LogP) is 3.66. The lowest BCUT2D eigenvalue weighted by Crippen LogP contribution is -1.99. The Hall–Kier alpha value is -2.62. The second kappa shape index (κ2) is 5.40. The van der Waals surface area contributed by atoms with Gasteiger partial charge in [0, 0.05) is 18.0 Å². The maximum atomic E-state index is 5.19. The molecular weight excluding hydrogens is 262 g/mol. The molecule has 21 heavy (non-hydrogen) atoms. The minimum Gasteiger partial charge on any atom is -0.497 e. The summed E-state index contributed by atoms with van der Waals surface area (Å²) in [6, 6.07) is 13.9. The molecule has 1 aromatic heterocycles. The molecule has 0 saturated heterocycles. The van der Waals surface area contributed by atoms with Crippen molar-refractivity contribution in [3.63, 3.8) is 0 Å². The number of hydrogen-bond acceptors (Lipinski definition) is 4. The molecule has 1 heterocycles. The van der Waals surface area contributed by atoms with Crippen LogP contribution in [-0.4, -0.2) is 24.1 Å². The zero-order chi connectivity index (χ0) is 14.8. The molecule has 0 aliphatic rings. The van der Waals surface area contributed by atoms with Crippen LogP contribution in [0, 0.1) is 6.92 Å². The molecule has 0 radical (unpaired) electrons. The highest BCUT2D eigenvalue weighted by Crippen LogP contribution is 2.27. The Morgan fingerprint density at radius 1 is 1.00 bits per heavy atom. The van der Waals surface area contributed by atoms with E-state index in [1.807, 2.05) is 43.4 Å². The first kappa shape index (κ1) is 13.4. The molecule has 0 saturated carbocycles. The molecule has 2 aromatic carbocycles.